The summed E-state index contributed by atoms with van der Waals surface area (Å²) in [5.74, 6) is 0.495. The molecule has 6 rings (SSSR count). The monoisotopic (exact) mass is 431 g/mol. The van der Waals surface area contributed by atoms with Crippen LogP contribution in [0.2, 0.25) is 0 Å². The molecule has 0 saturated carbocycles. The van der Waals surface area contributed by atoms with Gasteiger partial charge in [-0.3, -0.25) is 4.55 Å². The maximum Gasteiger partial charge on any atom is 0.261 e. The number of hydrogen-bond donors (Lipinski definition) is 1. The first kappa shape index (κ1) is 21.5. The van der Waals surface area contributed by atoms with Crippen molar-refractivity contribution >= 4 is 10.1 Å². The van der Waals surface area contributed by atoms with Crippen molar-refractivity contribution in [3.63, 3.8) is 0 Å². The summed E-state index contributed by atoms with van der Waals surface area (Å²) in [6, 6.07) is 17.5. The molecule has 6 nitrogen and oxygen atoms in total. The highest BCUT2D eigenvalue weighted by Gasteiger charge is 2.49. The molecule has 1 saturated heterocycles. The Kier molecular flexibility index (Phi) is 5.76. The molecular weight excluding hydrogens is 402 g/mol. The van der Waals surface area contributed by atoms with Crippen LogP contribution < -0.4 is 0 Å². The van der Waals surface area contributed by atoms with E-state index in [1.165, 1.54) is 22.3 Å². The Labute approximate surface area is 178 Å². The number of hydrogen-bond acceptors (Lipinski definition) is 4. The van der Waals surface area contributed by atoms with Gasteiger partial charge in [0.15, 0.2) is 0 Å². The summed E-state index contributed by atoms with van der Waals surface area (Å²) in [4.78, 5) is 0. The second kappa shape index (κ2) is 8.05. The molecule has 0 radical (unpaired) electrons. The van der Waals surface area contributed by atoms with Crippen LogP contribution in [0.5, 0.6) is 0 Å². The van der Waals surface area contributed by atoms with Crippen LogP contribution in [0.1, 0.15) is 53.9 Å². The molecule has 1 aliphatic heterocycles. The van der Waals surface area contributed by atoms with E-state index in [2.05, 4.69) is 48.5 Å². The smallest absolute Gasteiger partial charge is 0.261 e. The minimum absolute atomic E-state index is 0.0675. The highest BCUT2D eigenvalue weighted by Crippen LogP contribution is 2.56. The maximum atomic E-state index is 12.7. The van der Waals surface area contributed by atoms with Gasteiger partial charge in [0.25, 0.3) is 10.1 Å². The van der Waals surface area contributed by atoms with E-state index in [0.717, 1.165) is 38.8 Å². The minimum Gasteiger partial charge on any atom is -0.633 e. The van der Waals surface area contributed by atoms with E-state index < -0.39 is 10.1 Å². The number of fused-ring (bicyclic) bond motifs is 1. The number of rotatable bonds is 4. The van der Waals surface area contributed by atoms with E-state index in [0.29, 0.717) is 25.3 Å². The first-order valence-corrected chi connectivity index (χ1v) is 12.4. The van der Waals surface area contributed by atoms with Gasteiger partial charge in [-0.2, -0.15) is 8.42 Å². The number of nitrogens with zero attached hydrogens (tertiary/aromatic N) is 1. The predicted molar refractivity (Wildman–Crippen MR) is 116 cm³/mol. The Morgan fingerprint density at radius 1 is 1.07 bits per heavy atom. The number of ether oxygens (including phenoxy) is 1. The largest absolute Gasteiger partial charge is 0.633 e. The molecule has 7 heteroatoms. The van der Waals surface area contributed by atoms with Crippen molar-refractivity contribution in [1.29, 1.82) is 0 Å². The molecule has 30 heavy (non-hydrogen) atoms. The van der Waals surface area contributed by atoms with Crippen molar-refractivity contribution in [3.05, 3.63) is 76.0 Å². The van der Waals surface area contributed by atoms with Gasteiger partial charge >= 0.3 is 0 Å². The van der Waals surface area contributed by atoms with Crippen molar-refractivity contribution in [3.8, 4) is 0 Å². The van der Waals surface area contributed by atoms with Gasteiger partial charge < -0.3 is 14.6 Å². The van der Waals surface area contributed by atoms with E-state index >= 15 is 0 Å². The zero-order chi connectivity index (χ0) is 21.4. The lowest BCUT2D eigenvalue weighted by Gasteiger charge is -2.49. The standard InChI is InChI=1S/C22H25NO2.CH4O3S/c24-23(13-5-6-14-23)15-16-25-22-12-11-17(18-7-1-3-9-20(18)22)19-8-2-4-10-21(19)22;1-5(2,3)4/h1-4,7-10,17H,5-6,11-16H2;1H3,(H,2,3,4). The molecule has 0 atom stereocenters. The van der Waals surface area contributed by atoms with Gasteiger partial charge in [-0.15, -0.1) is 0 Å². The second-order valence-electron chi connectivity index (χ2n) is 8.61. The first-order valence-electron chi connectivity index (χ1n) is 10.5. The van der Waals surface area contributed by atoms with E-state index in [-0.39, 0.29) is 10.2 Å². The molecule has 4 aliphatic rings. The van der Waals surface area contributed by atoms with E-state index in [1.54, 1.807) is 0 Å². The molecular formula is C23H29NO5S. The molecule has 1 N–H and O–H groups in total. The fraction of sp³-hybridized carbons (Fsp3) is 0.478. The second-order valence-corrected chi connectivity index (χ2v) is 10.1. The van der Waals surface area contributed by atoms with Gasteiger partial charge in [0, 0.05) is 18.8 Å². The highest BCUT2D eigenvalue weighted by molar-refractivity contribution is 7.85. The summed E-state index contributed by atoms with van der Waals surface area (Å²) in [7, 11) is -3.67. The molecule has 0 unspecified atom stereocenters. The summed E-state index contributed by atoms with van der Waals surface area (Å²) >= 11 is 0. The Morgan fingerprint density at radius 3 is 2.10 bits per heavy atom. The van der Waals surface area contributed by atoms with Crippen LogP contribution >= 0.6 is 0 Å². The molecule has 0 spiro atoms. The Balaban J connectivity index is 0.000000393. The van der Waals surface area contributed by atoms with Crippen LogP contribution in [0.25, 0.3) is 0 Å². The van der Waals surface area contributed by atoms with Gasteiger partial charge in [-0.25, -0.2) is 0 Å². The summed E-state index contributed by atoms with van der Waals surface area (Å²) < 4.78 is 32.4. The average Bonchev–Trinajstić information content (AvgIpc) is 3.14. The third-order valence-corrected chi connectivity index (χ3v) is 6.56. The van der Waals surface area contributed by atoms with Gasteiger partial charge in [-0.05, 0) is 35.1 Å². The molecule has 2 aromatic carbocycles. The lowest BCUT2D eigenvalue weighted by Crippen LogP contribution is -2.46. The Morgan fingerprint density at radius 2 is 1.57 bits per heavy atom. The zero-order valence-electron chi connectivity index (χ0n) is 17.3. The molecule has 162 valence electrons. The van der Waals surface area contributed by atoms with Gasteiger partial charge in [0.05, 0.1) is 26.0 Å². The average molecular weight is 432 g/mol. The predicted octanol–water partition coefficient (Wildman–Crippen LogP) is 3.80. The van der Waals surface area contributed by atoms with Crippen molar-refractivity contribution in [2.24, 2.45) is 0 Å². The molecule has 2 aromatic rings. The number of likely N-dealkylation sites (tertiary alicyclic amines) is 1. The van der Waals surface area contributed by atoms with E-state index in [9.17, 15) is 13.6 Å². The maximum absolute atomic E-state index is 12.7. The number of benzene rings is 2. The van der Waals surface area contributed by atoms with Crippen molar-refractivity contribution in [1.82, 2.24) is 0 Å². The van der Waals surface area contributed by atoms with Gasteiger partial charge in [0.2, 0.25) is 0 Å². The van der Waals surface area contributed by atoms with Crippen molar-refractivity contribution in [2.75, 3.05) is 32.5 Å². The number of quaternary nitrogens is 1. The third-order valence-electron chi connectivity index (χ3n) is 6.56. The van der Waals surface area contributed by atoms with Crippen LogP contribution in [0.3, 0.4) is 0 Å². The summed E-state index contributed by atoms with van der Waals surface area (Å²) in [6.45, 7) is 2.63. The Hall–Kier alpha value is -1.77. The van der Waals surface area contributed by atoms with Crippen molar-refractivity contribution < 1.29 is 22.4 Å². The minimum atomic E-state index is -3.67. The molecule has 1 fully saturated rings. The SMILES string of the molecule is CS(=O)(=O)O.[O-][N+]1(CCOC23CCC(c4ccccc42)c2ccccc23)CCCC1. The lowest BCUT2D eigenvalue weighted by atomic mass is 9.61. The highest BCUT2D eigenvalue weighted by atomic mass is 32.2. The van der Waals surface area contributed by atoms with Crippen LogP contribution in [-0.2, 0) is 20.5 Å². The summed E-state index contributed by atoms with van der Waals surface area (Å²) in [6.07, 6.45) is 4.98. The lowest BCUT2D eigenvalue weighted by molar-refractivity contribution is -0.868. The molecule has 1 heterocycles. The van der Waals surface area contributed by atoms with Crippen LogP contribution in [0.4, 0.5) is 0 Å². The van der Waals surface area contributed by atoms with Crippen LogP contribution in [-0.4, -0.2) is 50.1 Å². The molecule has 3 aliphatic carbocycles. The van der Waals surface area contributed by atoms with E-state index in [1.807, 2.05) is 0 Å². The summed E-state index contributed by atoms with van der Waals surface area (Å²) in [5, 5.41) is 12.7. The number of hydroxylamine groups is 3. The summed E-state index contributed by atoms with van der Waals surface area (Å²) in [5.41, 5.74) is 5.12. The normalized spacial score (nSPS) is 25.8. The Bertz CT molecular complexity index is 958. The molecule has 2 bridgehead atoms. The first-order chi connectivity index (χ1) is 14.2. The van der Waals surface area contributed by atoms with Crippen LogP contribution in [0, 0.1) is 5.21 Å². The third kappa shape index (κ3) is 4.18. The van der Waals surface area contributed by atoms with Gasteiger partial charge in [-0.1, -0.05) is 48.5 Å². The fourth-order valence-corrected chi connectivity index (χ4v) is 5.33. The van der Waals surface area contributed by atoms with Gasteiger partial charge in [0.1, 0.15) is 12.1 Å². The fourth-order valence-electron chi connectivity index (χ4n) is 5.33. The van der Waals surface area contributed by atoms with Crippen molar-refractivity contribution in [2.45, 2.75) is 37.2 Å². The molecule has 0 aromatic heterocycles. The van der Waals surface area contributed by atoms with E-state index in [4.69, 9.17) is 9.29 Å². The quantitative estimate of drug-likeness (QED) is 0.452. The zero-order valence-corrected chi connectivity index (χ0v) is 18.1. The molecule has 0 amide bonds. The topological polar surface area (TPSA) is 86.7 Å². The van der Waals surface area contributed by atoms with Crippen LogP contribution in [0.15, 0.2) is 48.5 Å².